The van der Waals surface area contributed by atoms with Crippen LogP contribution >= 0.6 is 24.8 Å². The van der Waals surface area contributed by atoms with E-state index in [1.165, 1.54) is 5.56 Å². The number of hydrogen-bond acceptors (Lipinski definition) is 2. The molecule has 92 valence electrons. The molecule has 0 saturated carbocycles. The van der Waals surface area contributed by atoms with E-state index in [2.05, 4.69) is 29.7 Å². The van der Waals surface area contributed by atoms with Crippen LogP contribution in [0.3, 0.4) is 0 Å². The third-order valence-electron chi connectivity index (χ3n) is 3.25. The highest BCUT2D eigenvalue weighted by Crippen LogP contribution is 2.22. The molecule has 1 N–H and O–H groups in total. The maximum Gasteiger partial charge on any atom is 0.133 e. The van der Waals surface area contributed by atoms with Crippen LogP contribution in [0.4, 0.5) is 0 Å². The second-order valence-electron chi connectivity index (χ2n) is 4.50. The Balaban J connectivity index is 2.08. The Labute approximate surface area is 113 Å². The van der Waals surface area contributed by atoms with Crippen molar-refractivity contribution < 1.29 is 5.11 Å². The van der Waals surface area contributed by atoms with Crippen molar-refractivity contribution in [2.75, 3.05) is 6.54 Å². The monoisotopic (exact) mass is 267 g/mol. The Morgan fingerprint density at radius 1 is 1.41 bits per heavy atom. The lowest BCUT2D eigenvalue weighted by Gasteiger charge is -2.38. The number of thiocarbonyl (C=S) groups is 1. The number of aliphatic hydroxyl groups is 1. The van der Waals surface area contributed by atoms with Gasteiger partial charge in [-0.3, -0.25) is 0 Å². The minimum Gasteiger partial charge on any atom is -0.393 e. The third-order valence-corrected chi connectivity index (χ3v) is 3.74. The average Bonchev–Trinajstić information content (AvgIpc) is 2.30. The zero-order valence-electron chi connectivity index (χ0n) is 9.62. The van der Waals surface area contributed by atoms with Crippen molar-refractivity contribution >= 4 is 29.2 Å². The van der Waals surface area contributed by atoms with Crippen molar-refractivity contribution in [3.8, 4) is 0 Å². The summed E-state index contributed by atoms with van der Waals surface area (Å²) < 4.78 is 0.637. The lowest BCUT2D eigenvalue weighted by molar-refractivity contribution is 0.0779. The maximum atomic E-state index is 9.76. The standard InChI is InChI=1S/C13H17NOS2/c15-12-6-7-14(13(16)17)11(9-12)8-10-4-2-1-3-5-10/h1-5,11-12,15H,6-9H2,(H,16,17). The van der Waals surface area contributed by atoms with Gasteiger partial charge in [0, 0.05) is 12.6 Å². The van der Waals surface area contributed by atoms with Gasteiger partial charge in [-0.1, -0.05) is 42.5 Å². The molecule has 2 unspecified atom stereocenters. The van der Waals surface area contributed by atoms with E-state index < -0.39 is 0 Å². The molecule has 17 heavy (non-hydrogen) atoms. The second kappa shape index (κ2) is 5.85. The molecule has 2 rings (SSSR count). The van der Waals surface area contributed by atoms with Gasteiger partial charge in [0.2, 0.25) is 0 Å². The number of likely N-dealkylation sites (tertiary alicyclic amines) is 1. The van der Waals surface area contributed by atoms with E-state index >= 15 is 0 Å². The molecule has 1 aromatic rings. The molecule has 1 fully saturated rings. The highest BCUT2D eigenvalue weighted by molar-refractivity contribution is 8.10. The molecule has 1 heterocycles. The molecule has 0 spiro atoms. The van der Waals surface area contributed by atoms with E-state index in [4.69, 9.17) is 12.2 Å². The molecule has 2 nitrogen and oxygen atoms in total. The third kappa shape index (κ3) is 3.44. The fraction of sp³-hybridized carbons (Fsp3) is 0.462. The lowest BCUT2D eigenvalue weighted by atomic mass is 9.94. The quantitative estimate of drug-likeness (QED) is 0.635. The van der Waals surface area contributed by atoms with Crippen molar-refractivity contribution in [1.82, 2.24) is 4.90 Å². The minimum atomic E-state index is -0.206. The summed E-state index contributed by atoms with van der Waals surface area (Å²) in [4.78, 5) is 2.12. The van der Waals surface area contributed by atoms with Crippen LogP contribution in [0.1, 0.15) is 18.4 Å². The number of piperidine rings is 1. The van der Waals surface area contributed by atoms with E-state index in [1.807, 2.05) is 18.2 Å². The SMILES string of the molecule is OC1CCN(C(=S)S)C(Cc2ccccc2)C1. The van der Waals surface area contributed by atoms with Crippen LogP contribution in [0.25, 0.3) is 0 Å². The number of aliphatic hydroxyl groups excluding tert-OH is 1. The Morgan fingerprint density at radius 2 is 2.12 bits per heavy atom. The Kier molecular flexibility index (Phi) is 4.42. The van der Waals surface area contributed by atoms with Gasteiger partial charge in [-0.05, 0) is 24.8 Å². The normalized spacial score (nSPS) is 24.7. The number of rotatable bonds is 2. The van der Waals surface area contributed by atoms with E-state index in [-0.39, 0.29) is 12.1 Å². The van der Waals surface area contributed by atoms with Gasteiger partial charge in [-0.15, -0.1) is 12.6 Å². The molecule has 2 atom stereocenters. The Bertz CT molecular complexity index is 382. The molecule has 1 aliphatic rings. The molecule has 0 bridgehead atoms. The molecule has 0 radical (unpaired) electrons. The molecule has 4 heteroatoms. The van der Waals surface area contributed by atoms with E-state index in [1.54, 1.807) is 0 Å². The first-order valence-corrected chi connectivity index (χ1v) is 6.74. The number of thiol groups is 1. The fourth-order valence-corrected chi connectivity index (χ4v) is 2.87. The minimum absolute atomic E-state index is 0.206. The fourth-order valence-electron chi connectivity index (χ4n) is 2.36. The maximum absolute atomic E-state index is 9.76. The van der Waals surface area contributed by atoms with Crippen molar-refractivity contribution in [1.29, 1.82) is 0 Å². The molecule has 0 aliphatic carbocycles. The Morgan fingerprint density at radius 3 is 2.76 bits per heavy atom. The summed E-state index contributed by atoms with van der Waals surface area (Å²) in [6.45, 7) is 0.807. The smallest absolute Gasteiger partial charge is 0.133 e. The van der Waals surface area contributed by atoms with Gasteiger partial charge >= 0.3 is 0 Å². The summed E-state index contributed by atoms with van der Waals surface area (Å²) in [5, 5.41) is 9.76. The molecule has 0 amide bonds. The van der Waals surface area contributed by atoms with Gasteiger partial charge in [0.25, 0.3) is 0 Å². The van der Waals surface area contributed by atoms with Crippen LogP contribution in [0, 0.1) is 0 Å². The van der Waals surface area contributed by atoms with Gasteiger partial charge in [0.05, 0.1) is 6.10 Å². The first-order valence-electron chi connectivity index (χ1n) is 5.88. The zero-order chi connectivity index (χ0) is 12.3. The van der Waals surface area contributed by atoms with Gasteiger partial charge < -0.3 is 10.0 Å². The summed E-state index contributed by atoms with van der Waals surface area (Å²) in [7, 11) is 0. The molecule has 1 aromatic carbocycles. The predicted molar refractivity (Wildman–Crippen MR) is 77.5 cm³/mol. The average molecular weight is 267 g/mol. The van der Waals surface area contributed by atoms with Gasteiger partial charge in [0.15, 0.2) is 0 Å². The van der Waals surface area contributed by atoms with E-state index in [0.29, 0.717) is 4.32 Å². The summed E-state index contributed by atoms with van der Waals surface area (Å²) in [6.07, 6.45) is 2.27. The van der Waals surface area contributed by atoms with Crippen molar-refractivity contribution in [2.24, 2.45) is 0 Å². The second-order valence-corrected chi connectivity index (χ2v) is 5.61. The highest BCUT2D eigenvalue weighted by atomic mass is 32.1. The van der Waals surface area contributed by atoms with Crippen LogP contribution < -0.4 is 0 Å². The molecular formula is C13H17NOS2. The largest absolute Gasteiger partial charge is 0.393 e. The number of benzene rings is 1. The summed E-state index contributed by atoms with van der Waals surface area (Å²) >= 11 is 9.43. The van der Waals surface area contributed by atoms with E-state index in [9.17, 15) is 5.11 Å². The highest BCUT2D eigenvalue weighted by Gasteiger charge is 2.27. The summed E-state index contributed by atoms with van der Waals surface area (Å²) in [5.74, 6) is 0. The molecule has 1 saturated heterocycles. The first kappa shape index (κ1) is 12.9. The van der Waals surface area contributed by atoms with Crippen LogP contribution in [0.5, 0.6) is 0 Å². The van der Waals surface area contributed by atoms with Crippen LogP contribution in [0.2, 0.25) is 0 Å². The number of nitrogens with zero attached hydrogens (tertiary/aromatic N) is 1. The lowest BCUT2D eigenvalue weighted by Crippen LogP contribution is -2.46. The van der Waals surface area contributed by atoms with Crippen LogP contribution in [-0.4, -0.2) is 33.0 Å². The van der Waals surface area contributed by atoms with Gasteiger partial charge in [0.1, 0.15) is 4.32 Å². The predicted octanol–water partition coefficient (Wildman–Crippen LogP) is 2.27. The van der Waals surface area contributed by atoms with Gasteiger partial charge in [-0.2, -0.15) is 0 Å². The van der Waals surface area contributed by atoms with Gasteiger partial charge in [-0.25, -0.2) is 0 Å². The zero-order valence-corrected chi connectivity index (χ0v) is 11.3. The summed E-state index contributed by atoms with van der Waals surface area (Å²) in [5.41, 5.74) is 1.28. The van der Waals surface area contributed by atoms with Crippen molar-refractivity contribution in [2.45, 2.75) is 31.4 Å². The van der Waals surface area contributed by atoms with Crippen LogP contribution in [0.15, 0.2) is 30.3 Å². The Hall–Kier alpha value is -0.580. The molecular weight excluding hydrogens is 250 g/mol. The first-order chi connectivity index (χ1) is 8.16. The topological polar surface area (TPSA) is 23.5 Å². The van der Waals surface area contributed by atoms with Crippen molar-refractivity contribution in [3.63, 3.8) is 0 Å². The molecule has 0 aromatic heterocycles. The van der Waals surface area contributed by atoms with Crippen molar-refractivity contribution in [3.05, 3.63) is 35.9 Å². The van der Waals surface area contributed by atoms with Crippen LogP contribution in [-0.2, 0) is 6.42 Å². The summed E-state index contributed by atoms with van der Waals surface area (Å²) in [6, 6.07) is 10.6. The number of hydrogen-bond donors (Lipinski definition) is 2. The molecule has 1 aliphatic heterocycles. The van der Waals surface area contributed by atoms with E-state index in [0.717, 1.165) is 25.8 Å².